The first kappa shape index (κ1) is 14.1. The Morgan fingerprint density at radius 2 is 1.83 bits per heavy atom. The molecule has 1 N–H and O–H groups in total. The Bertz CT molecular complexity index is 1080. The van der Waals surface area contributed by atoms with Gasteiger partial charge in [-0.15, -0.1) is 0 Å². The van der Waals surface area contributed by atoms with Crippen LogP contribution in [0.5, 0.6) is 0 Å². The highest BCUT2D eigenvalue weighted by molar-refractivity contribution is 6.01. The Balaban J connectivity index is 1.60. The van der Waals surface area contributed by atoms with E-state index in [0.717, 1.165) is 0 Å². The van der Waals surface area contributed by atoms with Crippen molar-refractivity contribution < 1.29 is 13.9 Å². The van der Waals surface area contributed by atoms with Crippen LogP contribution in [0.2, 0.25) is 0 Å². The van der Waals surface area contributed by atoms with Gasteiger partial charge in [0.15, 0.2) is 17.9 Å². The lowest BCUT2D eigenvalue weighted by atomic mass is 10.1. The van der Waals surface area contributed by atoms with Crippen LogP contribution in [-0.4, -0.2) is 21.2 Å². The van der Waals surface area contributed by atoms with Crippen LogP contribution in [-0.2, 0) is 11.3 Å². The lowest BCUT2D eigenvalue weighted by Gasteiger charge is -2.04. The first-order valence-electron chi connectivity index (χ1n) is 7.21. The van der Waals surface area contributed by atoms with Crippen LogP contribution >= 0.6 is 0 Å². The lowest BCUT2D eigenvalue weighted by Crippen LogP contribution is -2.16. The number of hydrogen-bond donors (Lipinski definition) is 1. The van der Waals surface area contributed by atoms with Gasteiger partial charge in [0.25, 0.3) is 5.56 Å². The molecule has 0 bridgehead atoms. The topological polar surface area (TPSA) is 98.1 Å². The summed E-state index contributed by atoms with van der Waals surface area (Å²) in [6, 6.07) is 14.0. The van der Waals surface area contributed by atoms with Gasteiger partial charge in [0.2, 0.25) is 5.89 Å². The number of oxazole rings is 1. The maximum atomic E-state index is 12.3. The van der Waals surface area contributed by atoms with Gasteiger partial charge < -0.3 is 9.15 Å². The number of ether oxygens (including phenoxy) is 1. The fraction of sp³-hybridized carbons (Fsp3) is 0.0588. The number of carbonyl (C=O) groups excluding carboxylic acids is 1. The molecule has 0 saturated heterocycles. The van der Waals surface area contributed by atoms with Crippen LogP contribution in [0.4, 0.5) is 0 Å². The van der Waals surface area contributed by atoms with Crippen molar-refractivity contribution in [3.63, 3.8) is 0 Å². The number of nitrogens with zero attached hydrogens (tertiary/aromatic N) is 2. The maximum Gasteiger partial charge on any atom is 0.359 e. The molecule has 2 aromatic carbocycles. The molecule has 0 saturated carbocycles. The summed E-state index contributed by atoms with van der Waals surface area (Å²) in [5, 5.41) is 6.91. The number of fused-ring (bicyclic) bond motifs is 2. The summed E-state index contributed by atoms with van der Waals surface area (Å²) in [5.41, 5.74) is 0.995. The highest BCUT2D eigenvalue weighted by Crippen LogP contribution is 2.17. The monoisotopic (exact) mass is 321 g/mol. The SMILES string of the molecule is O=C(OCc1nc2ccccc2o1)c1n[nH]c(=O)c2ccccc12. The summed E-state index contributed by atoms with van der Waals surface area (Å²) in [5.74, 6) is -0.372. The van der Waals surface area contributed by atoms with Crippen molar-refractivity contribution in [2.75, 3.05) is 0 Å². The normalized spacial score (nSPS) is 11.0. The smallest absolute Gasteiger partial charge is 0.359 e. The number of benzene rings is 2. The zero-order valence-electron chi connectivity index (χ0n) is 12.4. The van der Waals surface area contributed by atoms with E-state index in [-0.39, 0.29) is 17.9 Å². The van der Waals surface area contributed by atoms with E-state index < -0.39 is 5.97 Å². The van der Waals surface area contributed by atoms with E-state index >= 15 is 0 Å². The lowest BCUT2D eigenvalue weighted by molar-refractivity contribution is 0.0434. The first-order chi connectivity index (χ1) is 11.7. The number of aromatic nitrogens is 3. The minimum absolute atomic E-state index is 0.0429. The summed E-state index contributed by atoms with van der Waals surface area (Å²) < 4.78 is 10.7. The second-order valence-corrected chi connectivity index (χ2v) is 5.10. The molecule has 24 heavy (non-hydrogen) atoms. The third-order valence-corrected chi connectivity index (χ3v) is 3.55. The number of nitrogens with one attached hydrogen (secondary N) is 1. The Kier molecular flexibility index (Phi) is 3.31. The minimum Gasteiger partial charge on any atom is -0.451 e. The van der Waals surface area contributed by atoms with Crippen molar-refractivity contribution in [2.24, 2.45) is 0 Å². The molecule has 0 aliphatic heterocycles. The van der Waals surface area contributed by atoms with Gasteiger partial charge in [0.1, 0.15) is 5.52 Å². The number of esters is 1. The van der Waals surface area contributed by atoms with E-state index in [9.17, 15) is 9.59 Å². The molecule has 7 heteroatoms. The molecule has 0 aliphatic carbocycles. The Morgan fingerprint density at radius 3 is 2.67 bits per heavy atom. The molecule has 0 amide bonds. The molecular formula is C17H11N3O4. The Labute approximate surface area is 134 Å². The molecule has 4 rings (SSSR count). The average Bonchev–Trinajstić information content (AvgIpc) is 3.03. The summed E-state index contributed by atoms with van der Waals surface area (Å²) in [7, 11) is 0. The van der Waals surface area contributed by atoms with Crippen molar-refractivity contribution >= 4 is 27.8 Å². The third kappa shape index (κ3) is 2.41. The maximum absolute atomic E-state index is 12.3. The number of hydrogen-bond acceptors (Lipinski definition) is 6. The number of rotatable bonds is 3. The van der Waals surface area contributed by atoms with E-state index in [2.05, 4.69) is 15.2 Å². The van der Waals surface area contributed by atoms with E-state index in [0.29, 0.717) is 27.8 Å². The second-order valence-electron chi connectivity index (χ2n) is 5.10. The van der Waals surface area contributed by atoms with Crippen molar-refractivity contribution in [1.82, 2.24) is 15.2 Å². The summed E-state index contributed by atoms with van der Waals surface area (Å²) >= 11 is 0. The molecule has 0 aliphatic rings. The van der Waals surface area contributed by atoms with Crippen LogP contribution in [0, 0.1) is 0 Å². The van der Waals surface area contributed by atoms with Crippen LogP contribution in [0.25, 0.3) is 21.9 Å². The Morgan fingerprint density at radius 1 is 1.08 bits per heavy atom. The van der Waals surface area contributed by atoms with Crippen LogP contribution in [0.3, 0.4) is 0 Å². The molecular weight excluding hydrogens is 310 g/mol. The van der Waals surface area contributed by atoms with Crippen molar-refractivity contribution in [2.45, 2.75) is 6.61 Å². The highest BCUT2D eigenvalue weighted by atomic mass is 16.5. The Hall–Kier alpha value is -3.48. The van der Waals surface area contributed by atoms with Gasteiger partial charge in [-0.1, -0.05) is 30.3 Å². The molecule has 0 unspecified atom stereocenters. The number of para-hydroxylation sites is 2. The number of carbonyl (C=O) groups is 1. The van der Waals surface area contributed by atoms with Crippen LogP contribution in [0.15, 0.2) is 57.7 Å². The standard InChI is InChI=1S/C17H11N3O4/c21-16-11-6-2-1-5-10(11)15(19-20-16)17(22)23-9-14-18-12-7-3-4-8-13(12)24-14/h1-8H,9H2,(H,20,21). The quantitative estimate of drug-likeness (QED) is 0.582. The van der Waals surface area contributed by atoms with Crippen LogP contribution < -0.4 is 5.56 Å². The van der Waals surface area contributed by atoms with Gasteiger partial charge in [0, 0.05) is 5.39 Å². The second kappa shape index (κ2) is 5.62. The van der Waals surface area contributed by atoms with Gasteiger partial charge in [-0.3, -0.25) is 4.79 Å². The minimum atomic E-state index is -0.662. The molecule has 4 aromatic rings. The molecule has 0 radical (unpaired) electrons. The van der Waals surface area contributed by atoms with Gasteiger partial charge in [-0.2, -0.15) is 5.10 Å². The summed E-state index contributed by atoms with van der Waals surface area (Å²) in [4.78, 5) is 28.3. The van der Waals surface area contributed by atoms with E-state index in [1.54, 1.807) is 36.4 Å². The predicted octanol–water partition coefficient (Wildman–Crippen LogP) is 2.42. The number of H-pyrrole nitrogens is 1. The summed E-state index contributed by atoms with van der Waals surface area (Å²) in [6.07, 6.45) is 0. The van der Waals surface area contributed by atoms with Gasteiger partial charge in [0.05, 0.1) is 5.39 Å². The molecule has 0 atom stereocenters. The number of aromatic amines is 1. The zero-order chi connectivity index (χ0) is 16.5. The molecule has 7 nitrogen and oxygen atoms in total. The van der Waals surface area contributed by atoms with Crippen molar-refractivity contribution in [1.29, 1.82) is 0 Å². The molecule has 2 heterocycles. The van der Waals surface area contributed by atoms with Crippen LogP contribution in [0.1, 0.15) is 16.4 Å². The summed E-state index contributed by atoms with van der Waals surface area (Å²) in [6.45, 7) is -0.122. The predicted molar refractivity (Wildman–Crippen MR) is 85.5 cm³/mol. The van der Waals surface area contributed by atoms with Gasteiger partial charge >= 0.3 is 5.97 Å². The average molecular weight is 321 g/mol. The fourth-order valence-corrected chi connectivity index (χ4v) is 2.45. The molecule has 118 valence electrons. The molecule has 0 spiro atoms. The van der Waals surface area contributed by atoms with E-state index in [1.807, 2.05) is 12.1 Å². The first-order valence-corrected chi connectivity index (χ1v) is 7.21. The van der Waals surface area contributed by atoms with E-state index in [4.69, 9.17) is 9.15 Å². The fourth-order valence-electron chi connectivity index (χ4n) is 2.45. The van der Waals surface area contributed by atoms with E-state index in [1.165, 1.54) is 0 Å². The highest BCUT2D eigenvalue weighted by Gasteiger charge is 2.16. The molecule has 0 fully saturated rings. The van der Waals surface area contributed by atoms with Crippen molar-refractivity contribution in [3.05, 3.63) is 70.5 Å². The largest absolute Gasteiger partial charge is 0.451 e. The zero-order valence-corrected chi connectivity index (χ0v) is 12.4. The van der Waals surface area contributed by atoms with Gasteiger partial charge in [-0.25, -0.2) is 14.9 Å². The molecule has 2 aromatic heterocycles. The van der Waals surface area contributed by atoms with Gasteiger partial charge in [-0.05, 0) is 18.2 Å². The third-order valence-electron chi connectivity index (χ3n) is 3.55. The van der Waals surface area contributed by atoms with Crippen molar-refractivity contribution in [3.8, 4) is 0 Å².